The Morgan fingerprint density at radius 1 is 1.09 bits per heavy atom. The molecule has 23 heavy (non-hydrogen) atoms. The van der Waals surface area contributed by atoms with E-state index in [0.29, 0.717) is 17.5 Å². The highest BCUT2D eigenvalue weighted by atomic mass is 19.2. The van der Waals surface area contributed by atoms with Crippen LogP contribution in [0, 0.1) is 6.92 Å². The molecule has 2 nitrogen and oxygen atoms in total. The molecule has 0 saturated heterocycles. The molecule has 0 spiro atoms. The van der Waals surface area contributed by atoms with Crippen LogP contribution in [0.15, 0.2) is 48.3 Å². The van der Waals surface area contributed by atoms with Crippen LogP contribution in [0.25, 0.3) is 17.0 Å². The molecule has 0 bridgehead atoms. The first-order chi connectivity index (χ1) is 10.9. The maximum Gasteiger partial charge on any atom is 0.336 e. The normalized spacial score (nSPS) is 12.0. The molecule has 2 aromatic carbocycles. The van der Waals surface area contributed by atoms with E-state index in [-0.39, 0.29) is 17.5 Å². The van der Waals surface area contributed by atoms with Crippen LogP contribution in [0.1, 0.15) is 41.3 Å². The molecule has 0 fully saturated rings. The van der Waals surface area contributed by atoms with Gasteiger partial charge < -0.3 is 5.11 Å². The molecular formula is C19H18F2O2. The minimum absolute atomic E-state index is 0.0202. The number of aromatic carboxylic acids is 1. The number of allylic oxidation sites excluding steroid dienone is 1. The van der Waals surface area contributed by atoms with Crippen molar-refractivity contribution in [1.82, 2.24) is 0 Å². The first kappa shape index (κ1) is 16.9. The molecule has 4 heteroatoms. The van der Waals surface area contributed by atoms with E-state index in [1.165, 1.54) is 18.2 Å². The van der Waals surface area contributed by atoms with Gasteiger partial charge in [0.25, 0.3) is 0 Å². The van der Waals surface area contributed by atoms with Crippen LogP contribution < -0.4 is 0 Å². The molecule has 0 aliphatic carbocycles. The number of carbonyl (C=O) groups is 1. The number of rotatable bonds is 5. The molecule has 0 radical (unpaired) electrons. The maximum atomic E-state index is 14.2. The van der Waals surface area contributed by atoms with E-state index in [1.54, 1.807) is 19.1 Å². The highest BCUT2D eigenvalue weighted by Gasteiger charge is 2.16. The zero-order chi connectivity index (χ0) is 17.0. The summed E-state index contributed by atoms with van der Waals surface area (Å²) in [6.07, 6.45) is 0.518. The van der Waals surface area contributed by atoms with E-state index in [2.05, 4.69) is 0 Å². The van der Waals surface area contributed by atoms with Crippen LogP contribution in [0.2, 0.25) is 0 Å². The zero-order valence-corrected chi connectivity index (χ0v) is 13.1. The number of aryl methyl sites for hydroxylation is 1. The lowest BCUT2D eigenvalue weighted by molar-refractivity contribution is 0.0697. The Labute approximate surface area is 134 Å². The quantitative estimate of drug-likeness (QED) is 0.760. The summed E-state index contributed by atoms with van der Waals surface area (Å²) in [5.74, 6) is -2.85. The summed E-state index contributed by atoms with van der Waals surface area (Å²) in [7, 11) is 0. The minimum Gasteiger partial charge on any atom is -0.478 e. The molecular weight excluding hydrogens is 298 g/mol. The number of carboxylic acids is 1. The number of hydrogen-bond acceptors (Lipinski definition) is 1. The summed E-state index contributed by atoms with van der Waals surface area (Å²) >= 11 is 0. The maximum absolute atomic E-state index is 14.2. The first-order valence-electron chi connectivity index (χ1n) is 7.43. The van der Waals surface area contributed by atoms with Gasteiger partial charge in [0.1, 0.15) is 5.83 Å². The molecule has 0 unspecified atom stereocenters. The SMILES string of the molecule is CCCC(F)=C(F)c1ccc(C(=O)O)c(-c2ccc(C)cc2)c1. The summed E-state index contributed by atoms with van der Waals surface area (Å²) in [6.45, 7) is 3.68. The molecule has 0 heterocycles. The fourth-order valence-electron chi connectivity index (χ4n) is 2.33. The van der Waals surface area contributed by atoms with Crippen molar-refractivity contribution in [2.24, 2.45) is 0 Å². The number of halogens is 2. The number of carboxylic acid groups (broad SMARTS) is 1. The van der Waals surface area contributed by atoms with Crippen molar-refractivity contribution >= 4 is 11.8 Å². The van der Waals surface area contributed by atoms with Crippen molar-refractivity contribution in [3.63, 3.8) is 0 Å². The van der Waals surface area contributed by atoms with Crippen molar-refractivity contribution in [2.75, 3.05) is 0 Å². The molecule has 1 N–H and O–H groups in total. The summed E-state index contributed by atoms with van der Waals surface area (Å²) in [6, 6.07) is 11.2. The lowest BCUT2D eigenvalue weighted by Crippen LogP contribution is -2.00. The Bertz CT molecular complexity index is 746. The van der Waals surface area contributed by atoms with E-state index < -0.39 is 17.6 Å². The molecule has 0 aliphatic rings. The van der Waals surface area contributed by atoms with Crippen LogP contribution in [-0.4, -0.2) is 11.1 Å². The second kappa shape index (κ2) is 7.18. The molecule has 0 saturated carbocycles. The van der Waals surface area contributed by atoms with Crippen LogP contribution in [0.5, 0.6) is 0 Å². The molecule has 120 valence electrons. The number of benzene rings is 2. The molecule has 0 aliphatic heterocycles. The average Bonchev–Trinajstić information content (AvgIpc) is 2.54. The highest BCUT2D eigenvalue weighted by Crippen LogP contribution is 2.31. The summed E-state index contributed by atoms with van der Waals surface area (Å²) in [4.78, 5) is 11.4. The van der Waals surface area contributed by atoms with Gasteiger partial charge in [-0.1, -0.05) is 42.8 Å². The topological polar surface area (TPSA) is 37.3 Å². The summed E-state index contributed by atoms with van der Waals surface area (Å²) in [5, 5.41) is 9.32. The fourth-order valence-corrected chi connectivity index (χ4v) is 2.33. The Balaban J connectivity index is 2.59. The van der Waals surface area contributed by atoms with Gasteiger partial charge in [0, 0.05) is 12.0 Å². The first-order valence-corrected chi connectivity index (χ1v) is 7.43. The molecule has 2 aromatic rings. The number of hydrogen-bond donors (Lipinski definition) is 1. The van der Waals surface area contributed by atoms with Gasteiger partial charge in [-0.3, -0.25) is 0 Å². The van der Waals surface area contributed by atoms with Gasteiger partial charge in [0.2, 0.25) is 0 Å². The van der Waals surface area contributed by atoms with Gasteiger partial charge in [0.05, 0.1) is 5.56 Å². The summed E-state index contributed by atoms with van der Waals surface area (Å²) < 4.78 is 27.9. The minimum atomic E-state index is -1.11. The van der Waals surface area contributed by atoms with Crippen LogP contribution in [-0.2, 0) is 0 Å². The third kappa shape index (κ3) is 3.83. The average molecular weight is 316 g/mol. The van der Waals surface area contributed by atoms with Crippen LogP contribution >= 0.6 is 0 Å². The molecule has 0 atom stereocenters. The predicted molar refractivity (Wildman–Crippen MR) is 87.6 cm³/mol. The Morgan fingerprint density at radius 3 is 2.30 bits per heavy atom. The second-order valence-corrected chi connectivity index (χ2v) is 5.40. The smallest absolute Gasteiger partial charge is 0.336 e. The van der Waals surface area contributed by atoms with Crippen molar-refractivity contribution in [2.45, 2.75) is 26.7 Å². The van der Waals surface area contributed by atoms with Gasteiger partial charge in [-0.05, 0) is 36.6 Å². The van der Waals surface area contributed by atoms with Crippen molar-refractivity contribution in [3.05, 3.63) is 65.0 Å². The Hall–Kier alpha value is -2.49. The molecule has 2 rings (SSSR count). The van der Waals surface area contributed by atoms with Crippen LogP contribution in [0.3, 0.4) is 0 Å². The molecule has 0 aromatic heterocycles. The standard InChI is InChI=1S/C19H18F2O2/c1-3-4-17(20)18(21)14-9-10-15(19(22)23)16(11-14)13-7-5-12(2)6-8-13/h5-11H,3-4H2,1-2H3,(H,22,23). The van der Waals surface area contributed by atoms with Gasteiger partial charge >= 0.3 is 5.97 Å². The van der Waals surface area contributed by atoms with E-state index in [4.69, 9.17) is 0 Å². The Morgan fingerprint density at radius 2 is 1.74 bits per heavy atom. The lowest BCUT2D eigenvalue weighted by Gasteiger charge is -2.10. The van der Waals surface area contributed by atoms with Crippen molar-refractivity contribution in [1.29, 1.82) is 0 Å². The largest absolute Gasteiger partial charge is 0.478 e. The van der Waals surface area contributed by atoms with E-state index in [9.17, 15) is 18.7 Å². The fraction of sp³-hybridized carbons (Fsp3) is 0.211. The zero-order valence-electron chi connectivity index (χ0n) is 13.1. The highest BCUT2D eigenvalue weighted by molar-refractivity contribution is 5.96. The Kier molecular flexibility index (Phi) is 5.27. The third-order valence-electron chi connectivity index (χ3n) is 3.57. The van der Waals surface area contributed by atoms with Gasteiger partial charge in [-0.2, -0.15) is 0 Å². The lowest BCUT2D eigenvalue weighted by atomic mass is 9.96. The monoisotopic (exact) mass is 316 g/mol. The van der Waals surface area contributed by atoms with Crippen LogP contribution in [0.4, 0.5) is 8.78 Å². The van der Waals surface area contributed by atoms with Gasteiger partial charge in [0.15, 0.2) is 5.83 Å². The second-order valence-electron chi connectivity index (χ2n) is 5.40. The van der Waals surface area contributed by atoms with E-state index in [1.807, 2.05) is 19.1 Å². The molecule has 0 amide bonds. The van der Waals surface area contributed by atoms with E-state index in [0.717, 1.165) is 5.56 Å². The van der Waals surface area contributed by atoms with Crippen molar-refractivity contribution < 1.29 is 18.7 Å². The van der Waals surface area contributed by atoms with Gasteiger partial charge in [-0.25, -0.2) is 13.6 Å². The van der Waals surface area contributed by atoms with Crippen molar-refractivity contribution in [3.8, 4) is 11.1 Å². The van der Waals surface area contributed by atoms with E-state index >= 15 is 0 Å². The summed E-state index contributed by atoms with van der Waals surface area (Å²) in [5.41, 5.74) is 2.16. The van der Waals surface area contributed by atoms with Gasteiger partial charge in [-0.15, -0.1) is 0 Å². The third-order valence-corrected chi connectivity index (χ3v) is 3.57. The predicted octanol–water partition coefficient (Wildman–Crippen LogP) is 5.77.